The summed E-state index contributed by atoms with van der Waals surface area (Å²) in [6.07, 6.45) is 2.96. The van der Waals surface area contributed by atoms with E-state index < -0.39 is 0 Å². The molecule has 2 unspecified atom stereocenters. The predicted octanol–water partition coefficient (Wildman–Crippen LogP) is 3.71. The lowest BCUT2D eigenvalue weighted by Crippen LogP contribution is -2.16. The number of halogens is 1. The van der Waals surface area contributed by atoms with E-state index in [1.165, 1.54) is 6.42 Å². The van der Waals surface area contributed by atoms with Gasteiger partial charge >= 0.3 is 0 Å². The lowest BCUT2D eigenvalue weighted by atomic mass is 10.2. The van der Waals surface area contributed by atoms with Gasteiger partial charge in [0, 0.05) is 5.92 Å². The number of nitrogens with zero attached hydrogens (tertiary/aromatic N) is 1. The molecule has 1 aliphatic carbocycles. The molecule has 0 bridgehead atoms. The Bertz CT molecular complexity index is 689. The maximum absolute atomic E-state index is 12.0. The minimum Gasteiger partial charge on any atom is -0.458 e. The summed E-state index contributed by atoms with van der Waals surface area (Å²) in [5.74, 6) is 3.44. The number of rotatable bonds is 4. The number of H-pyrrole nitrogens is 1. The lowest BCUT2D eigenvalue weighted by molar-refractivity contribution is 0.514. The van der Waals surface area contributed by atoms with Crippen molar-refractivity contribution in [2.75, 3.05) is 0 Å². The molecular weight excluding hydrogens is 367 g/mol. The average molecular weight is 384 g/mol. The van der Waals surface area contributed by atoms with Gasteiger partial charge in [-0.1, -0.05) is 20.3 Å². The molecule has 0 spiro atoms. The van der Waals surface area contributed by atoms with Crippen LogP contribution in [0.1, 0.15) is 44.1 Å². The number of hydrogen-bond donors (Lipinski definition) is 1. The molecule has 0 aliphatic heterocycles. The minimum atomic E-state index is -0.0863. The Kier molecular flexibility index (Phi) is 3.70. The topological polar surface area (TPSA) is 58.9 Å². The molecule has 0 amide bonds. The van der Waals surface area contributed by atoms with Crippen LogP contribution in [-0.4, -0.2) is 9.97 Å². The Morgan fingerprint density at radius 3 is 2.90 bits per heavy atom. The minimum absolute atomic E-state index is 0.0863. The SMILES string of the molecule is CCCc1nc(-c2ccc(C3CC3C)o2)[nH]c(=O)c1I. The molecule has 1 fully saturated rings. The van der Waals surface area contributed by atoms with Gasteiger partial charge in [-0.05, 0) is 53.5 Å². The third kappa shape index (κ3) is 2.55. The molecule has 2 heterocycles. The summed E-state index contributed by atoms with van der Waals surface area (Å²) >= 11 is 2.06. The first-order chi connectivity index (χ1) is 9.60. The summed E-state index contributed by atoms with van der Waals surface area (Å²) < 4.78 is 6.53. The van der Waals surface area contributed by atoms with Crippen LogP contribution >= 0.6 is 22.6 Å². The van der Waals surface area contributed by atoms with Crippen molar-refractivity contribution in [3.05, 3.63) is 37.5 Å². The fraction of sp³-hybridized carbons (Fsp3) is 0.467. The summed E-state index contributed by atoms with van der Waals surface area (Å²) in [5.41, 5.74) is 0.765. The maximum Gasteiger partial charge on any atom is 0.264 e. The van der Waals surface area contributed by atoms with Gasteiger partial charge < -0.3 is 9.40 Å². The highest BCUT2D eigenvalue weighted by Crippen LogP contribution is 2.47. The van der Waals surface area contributed by atoms with E-state index in [1.807, 2.05) is 12.1 Å². The highest BCUT2D eigenvalue weighted by atomic mass is 127. The van der Waals surface area contributed by atoms with Crippen molar-refractivity contribution in [2.45, 2.75) is 39.0 Å². The van der Waals surface area contributed by atoms with Crippen LogP contribution in [0.5, 0.6) is 0 Å². The molecule has 20 heavy (non-hydrogen) atoms. The van der Waals surface area contributed by atoms with E-state index in [9.17, 15) is 4.79 Å². The average Bonchev–Trinajstić information content (AvgIpc) is 2.96. The van der Waals surface area contributed by atoms with E-state index in [4.69, 9.17) is 4.42 Å². The van der Waals surface area contributed by atoms with Gasteiger partial charge in [0.2, 0.25) is 0 Å². The molecule has 4 nitrogen and oxygen atoms in total. The van der Waals surface area contributed by atoms with Crippen LogP contribution in [0.25, 0.3) is 11.6 Å². The van der Waals surface area contributed by atoms with Gasteiger partial charge in [0.15, 0.2) is 11.6 Å². The zero-order valence-corrected chi connectivity index (χ0v) is 13.7. The standard InChI is InChI=1S/C15H17IN2O2/c1-3-4-10-13(16)15(19)18-14(17-10)12-6-5-11(20-12)9-7-8(9)2/h5-6,8-9H,3-4,7H2,1-2H3,(H,17,18,19). The molecule has 106 valence electrons. The van der Waals surface area contributed by atoms with Gasteiger partial charge in [-0.25, -0.2) is 4.98 Å². The number of hydrogen-bond acceptors (Lipinski definition) is 3. The molecule has 2 aromatic heterocycles. The lowest BCUT2D eigenvalue weighted by Gasteiger charge is -2.04. The summed E-state index contributed by atoms with van der Waals surface area (Å²) in [7, 11) is 0. The Hall–Kier alpha value is -1.11. The van der Waals surface area contributed by atoms with Crippen LogP contribution in [0.3, 0.4) is 0 Å². The highest BCUT2D eigenvalue weighted by Gasteiger charge is 2.36. The number of nitrogens with one attached hydrogen (secondary N) is 1. The molecule has 1 N–H and O–H groups in total. The first-order valence-corrected chi connectivity index (χ1v) is 8.06. The molecule has 1 saturated carbocycles. The Morgan fingerprint density at radius 2 is 2.25 bits per heavy atom. The number of furan rings is 1. The van der Waals surface area contributed by atoms with Gasteiger partial charge in [-0.2, -0.15) is 0 Å². The van der Waals surface area contributed by atoms with Gasteiger partial charge in [-0.3, -0.25) is 4.79 Å². The number of aromatic amines is 1. The van der Waals surface area contributed by atoms with Gasteiger partial charge in [-0.15, -0.1) is 0 Å². The van der Waals surface area contributed by atoms with E-state index in [0.717, 1.165) is 24.3 Å². The smallest absolute Gasteiger partial charge is 0.264 e. The largest absolute Gasteiger partial charge is 0.458 e. The van der Waals surface area contributed by atoms with E-state index in [2.05, 4.69) is 46.4 Å². The van der Waals surface area contributed by atoms with Crippen LogP contribution < -0.4 is 5.56 Å². The molecule has 1 aliphatic rings. The molecule has 3 rings (SSSR count). The van der Waals surface area contributed by atoms with Crippen molar-refractivity contribution in [3.63, 3.8) is 0 Å². The van der Waals surface area contributed by atoms with Gasteiger partial charge in [0.05, 0.1) is 9.26 Å². The van der Waals surface area contributed by atoms with Crippen LogP contribution in [-0.2, 0) is 6.42 Å². The summed E-state index contributed by atoms with van der Waals surface area (Å²) in [6.45, 7) is 4.30. The first kappa shape index (κ1) is 13.9. The fourth-order valence-corrected chi connectivity index (χ4v) is 2.95. The molecule has 0 saturated heterocycles. The first-order valence-electron chi connectivity index (χ1n) is 6.99. The van der Waals surface area contributed by atoms with Crippen molar-refractivity contribution in [1.82, 2.24) is 9.97 Å². The molecule has 2 atom stereocenters. The normalized spacial score (nSPS) is 21.1. The van der Waals surface area contributed by atoms with Crippen LogP contribution in [0.2, 0.25) is 0 Å². The van der Waals surface area contributed by atoms with Crippen molar-refractivity contribution in [2.24, 2.45) is 5.92 Å². The van der Waals surface area contributed by atoms with Crippen LogP contribution in [0.4, 0.5) is 0 Å². The van der Waals surface area contributed by atoms with Gasteiger partial charge in [0.25, 0.3) is 5.56 Å². The zero-order chi connectivity index (χ0) is 14.3. The zero-order valence-electron chi connectivity index (χ0n) is 11.6. The Labute approximate surface area is 131 Å². The molecule has 2 aromatic rings. The molecular formula is C15H17IN2O2. The van der Waals surface area contributed by atoms with E-state index in [1.54, 1.807) is 0 Å². The van der Waals surface area contributed by atoms with E-state index in [-0.39, 0.29) is 5.56 Å². The second-order valence-electron chi connectivity index (χ2n) is 5.45. The quantitative estimate of drug-likeness (QED) is 0.818. The van der Waals surface area contributed by atoms with Crippen molar-refractivity contribution in [1.29, 1.82) is 0 Å². The fourth-order valence-electron chi connectivity index (χ4n) is 2.42. The van der Waals surface area contributed by atoms with Crippen molar-refractivity contribution in [3.8, 4) is 11.6 Å². The monoisotopic (exact) mass is 384 g/mol. The summed E-state index contributed by atoms with van der Waals surface area (Å²) in [6, 6.07) is 3.90. The van der Waals surface area contributed by atoms with E-state index in [0.29, 0.717) is 27.0 Å². The van der Waals surface area contributed by atoms with E-state index >= 15 is 0 Å². The third-order valence-corrected chi connectivity index (χ3v) is 4.87. The third-order valence-electron chi connectivity index (χ3n) is 3.75. The highest BCUT2D eigenvalue weighted by molar-refractivity contribution is 14.1. The second-order valence-corrected chi connectivity index (χ2v) is 6.53. The molecule has 0 radical (unpaired) electrons. The Balaban J connectivity index is 1.97. The predicted molar refractivity (Wildman–Crippen MR) is 85.8 cm³/mol. The second kappa shape index (κ2) is 5.35. The molecule has 0 aromatic carbocycles. The summed E-state index contributed by atoms with van der Waals surface area (Å²) in [4.78, 5) is 19.3. The number of aryl methyl sites for hydroxylation is 1. The number of aromatic nitrogens is 2. The molecule has 5 heteroatoms. The van der Waals surface area contributed by atoms with Crippen molar-refractivity contribution < 1.29 is 4.42 Å². The van der Waals surface area contributed by atoms with Crippen molar-refractivity contribution >= 4 is 22.6 Å². The van der Waals surface area contributed by atoms with Gasteiger partial charge in [0.1, 0.15) is 5.76 Å². The summed E-state index contributed by atoms with van der Waals surface area (Å²) in [5, 5.41) is 0. The Morgan fingerprint density at radius 1 is 1.50 bits per heavy atom. The van der Waals surface area contributed by atoms with Crippen LogP contribution in [0, 0.1) is 9.49 Å². The van der Waals surface area contributed by atoms with Crippen LogP contribution in [0.15, 0.2) is 21.3 Å². The maximum atomic E-state index is 12.0.